The molecule has 0 atom stereocenters. The van der Waals surface area contributed by atoms with Crippen LogP contribution in [0.1, 0.15) is 38.2 Å². The quantitative estimate of drug-likeness (QED) is 0.814. The molecular weight excluding hydrogens is 292 g/mol. The number of pyridine rings is 1. The van der Waals surface area contributed by atoms with Gasteiger partial charge in [0.15, 0.2) is 0 Å². The lowest BCUT2D eigenvalue weighted by Gasteiger charge is -2.34. The topological polar surface area (TPSA) is 59.5 Å². The van der Waals surface area contributed by atoms with E-state index in [1.54, 1.807) is 13.0 Å². The van der Waals surface area contributed by atoms with Crippen molar-refractivity contribution in [2.45, 2.75) is 33.2 Å². The second-order valence-electron chi connectivity index (χ2n) is 6.26. The standard InChI is InChI=1S/C18H22N2O3/c1-5-23-16(21)12-20(18(2,3)4)17(22)15-11-10-13-8-6-7-9-14(13)19-15/h6-11H,5,12H2,1-4H3. The number of benzene rings is 1. The number of hydrogen-bond acceptors (Lipinski definition) is 4. The van der Waals surface area contributed by atoms with Crippen LogP contribution < -0.4 is 0 Å². The summed E-state index contributed by atoms with van der Waals surface area (Å²) < 4.78 is 4.97. The van der Waals surface area contributed by atoms with Crippen molar-refractivity contribution in [3.05, 3.63) is 42.1 Å². The fourth-order valence-corrected chi connectivity index (χ4v) is 2.27. The highest BCUT2D eigenvalue weighted by Crippen LogP contribution is 2.19. The average Bonchev–Trinajstić information content (AvgIpc) is 2.50. The van der Waals surface area contributed by atoms with Crippen molar-refractivity contribution in [3.8, 4) is 0 Å². The number of hydrogen-bond donors (Lipinski definition) is 0. The lowest BCUT2D eigenvalue weighted by Crippen LogP contribution is -2.48. The van der Waals surface area contributed by atoms with Gasteiger partial charge in [-0.25, -0.2) is 4.98 Å². The van der Waals surface area contributed by atoms with E-state index in [9.17, 15) is 9.59 Å². The number of fused-ring (bicyclic) bond motifs is 1. The number of para-hydroxylation sites is 1. The lowest BCUT2D eigenvalue weighted by molar-refractivity contribution is -0.144. The number of esters is 1. The first-order valence-corrected chi connectivity index (χ1v) is 7.66. The Morgan fingerprint density at radius 2 is 1.83 bits per heavy atom. The number of rotatable bonds is 4. The molecule has 0 saturated carbocycles. The third kappa shape index (κ3) is 4.06. The van der Waals surface area contributed by atoms with Crippen LogP contribution in [0.25, 0.3) is 10.9 Å². The molecule has 122 valence electrons. The Kier molecular flexibility index (Phi) is 4.98. The van der Waals surface area contributed by atoms with Gasteiger partial charge in [0.2, 0.25) is 0 Å². The summed E-state index contributed by atoms with van der Waals surface area (Å²) in [5, 5.41) is 0.969. The van der Waals surface area contributed by atoms with Crippen molar-refractivity contribution >= 4 is 22.8 Å². The van der Waals surface area contributed by atoms with E-state index in [4.69, 9.17) is 4.74 Å². The predicted octanol–water partition coefficient (Wildman–Crippen LogP) is 3.04. The molecule has 0 radical (unpaired) electrons. The van der Waals surface area contributed by atoms with Gasteiger partial charge in [0.1, 0.15) is 12.2 Å². The Bertz CT molecular complexity index is 720. The molecule has 2 aromatic rings. The SMILES string of the molecule is CCOC(=O)CN(C(=O)c1ccc2ccccc2n1)C(C)(C)C. The summed E-state index contributed by atoms with van der Waals surface area (Å²) in [6, 6.07) is 11.2. The Hall–Kier alpha value is -2.43. The summed E-state index contributed by atoms with van der Waals surface area (Å²) in [4.78, 5) is 30.6. The Balaban J connectivity index is 2.33. The minimum Gasteiger partial charge on any atom is -0.465 e. The van der Waals surface area contributed by atoms with Gasteiger partial charge < -0.3 is 9.64 Å². The summed E-state index contributed by atoms with van der Waals surface area (Å²) in [6.45, 7) is 7.58. The maximum atomic E-state index is 12.8. The third-order valence-corrected chi connectivity index (χ3v) is 3.46. The fraction of sp³-hybridized carbons (Fsp3) is 0.389. The van der Waals surface area contributed by atoms with Crippen LogP contribution in [0, 0.1) is 0 Å². The van der Waals surface area contributed by atoms with Gasteiger partial charge in [0, 0.05) is 10.9 Å². The lowest BCUT2D eigenvalue weighted by atomic mass is 10.0. The van der Waals surface area contributed by atoms with Crippen molar-refractivity contribution in [2.75, 3.05) is 13.2 Å². The number of amides is 1. The molecule has 5 nitrogen and oxygen atoms in total. The van der Waals surface area contributed by atoms with Crippen molar-refractivity contribution < 1.29 is 14.3 Å². The molecule has 1 aromatic carbocycles. The van der Waals surface area contributed by atoms with Gasteiger partial charge in [-0.1, -0.05) is 24.3 Å². The van der Waals surface area contributed by atoms with Crippen LogP contribution in [0.2, 0.25) is 0 Å². The number of ether oxygens (including phenoxy) is 1. The van der Waals surface area contributed by atoms with Crippen LogP contribution in [0.4, 0.5) is 0 Å². The van der Waals surface area contributed by atoms with Gasteiger partial charge in [-0.05, 0) is 39.8 Å². The average molecular weight is 314 g/mol. The molecule has 0 aliphatic heterocycles. The van der Waals surface area contributed by atoms with Gasteiger partial charge in [-0.2, -0.15) is 0 Å². The first-order valence-electron chi connectivity index (χ1n) is 7.66. The first-order chi connectivity index (χ1) is 10.8. The van der Waals surface area contributed by atoms with Crippen LogP contribution in [0.5, 0.6) is 0 Å². The molecule has 1 heterocycles. The molecule has 1 aromatic heterocycles. The van der Waals surface area contributed by atoms with Crippen LogP contribution in [-0.2, 0) is 9.53 Å². The van der Waals surface area contributed by atoms with E-state index in [-0.39, 0.29) is 12.5 Å². The number of aromatic nitrogens is 1. The van der Waals surface area contributed by atoms with Gasteiger partial charge >= 0.3 is 5.97 Å². The van der Waals surface area contributed by atoms with E-state index in [1.165, 1.54) is 4.90 Å². The summed E-state index contributed by atoms with van der Waals surface area (Å²) in [6.07, 6.45) is 0. The molecule has 0 saturated heterocycles. The normalized spacial score (nSPS) is 11.3. The number of nitrogens with zero attached hydrogens (tertiary/aromatic N) is 2. The number of carbonyl (C=O) groups is 2. The summed E-state index contributed by atoms with van der Waals surface area (Å²) in [5.74, 6) is -0.701. The van der Waals surface area contributed by atoms with Crippen LogP contribution in [-0.4, -0.2) is 40.5 Å². The highest BCUT2D eigenvalue weighted by Gasteiger charge is 2.30. The zero-order valence-corrected chi connectivity index (χ0v) is 14.0. The highest BCUT2D eigenvalue weighted by molar-refractivity contribution is 5.96. The fourth-order valence-electron chi connectivity index (χ4n) is 2.27. The molecular formula is C18H22N2O3. The van der Waals surface area contributed by atoms with E-state index in [0.29, 0.717) is 12.3 Å². The first kappa shape index (κ1) is 16.9. The van der Waals surface area contributed by atoms with Gasteiger partial charge in [0.25, 0.3) is 5.91 Å². The molecule has 1 amide bonds. The zero-order chi connectivity index (χ0) is 17.0. The number of carbonyl (C=O) groups excluding carboxylic acids is 2. The van der Waals surface area contributed by atoms with E-state index < -0.39 is 11.5 Å². The van der Waals surface area contributed by atoms with Gasteiger partial charge in [-0.3, -0.25) is 9.59 Å². The Morgan fingerprint density at radius 1 is 1.13 bits per heavy atom. The zero-order valence-electron chi connectivity index (χ0n) is 14.0. The van der Waals surface area contributed by atoms with E-state index in [0.717, 1.165) is 10.9 Å². The van der Waals surface area contributed by atoms with Crippen LogP contribution in [0.15, 0.2) is 36.4 Å². The molecule has 0 N–H and O–H groups in total. The monoisotopic (exact) mass is 314 g/mol. The molecule has 0 bridgehead atoms. The molecule has 0 aliphatic rings. The summed E-state index contributed by atoms with van der Waals surface area (Å²) in [7, 11) is 0. The Morgan fingerprint density at radius 3 is 2.48 bits per heavy atom. The van der Waals surface area contributed by atoms with Crippen molar-refractivity contribution in [3.63, 3.8) is 0 Å². The molecule has 0 aliphatic carbocycles. The third-order valence-electron chi connectivity index (χ3n) is 3.46. The van der Waals surface area contributed by atoms with Crippen LogP contribution in [0.3, 0.4) is 0 Å². The molecule has 23 heavy (non-hydrogen) atoms. The largest absolute Gasteiger partial charge is 0.465 e. The maximum Gasteiger partial charge on any atom is 0.325 e. The van der Waals surface area contributed by atoms with E-state index >= 15 is 0 Å². The highest BCUT2D eigenvalue weighted by atomic mass is 16.5. The molecule has 0 spiro atoms. The van der Waals surface area contributed by atoms with Crippen molar-refractivity contribution in [1.29, 1.82) is 0 Å². The van der Waals surface area contributed by atoms with E-state index in [1.807, 2.05) is 51.1 Å². The van der Waals surface area contributed by atoms with Crippen molar-refractivity contribution in [1.82, 2.24) is 9.88 Å². The van der Waals surface area contributed by atoms with Crippen LogP contribution >= 0.6 is 0 Å². The second kappa shape index (κ2) is 6.77. The van der Waals surface area contributed by atoms with Gasteiger partial charge in [-0.15, -0.1) is 0 Å². The summed E-state index contributed by atoms with van der Waals surface area (Å²) in [5.41, 5.74) is 0.559. The van der Waals surface area contributed by atoms with Gasteiger partial charge in [0.05, 0.1) is 12.1 Å². The van der Waals surface area contributed by atoms with Crippen molar-refractivity contribution in [2.24, 2.45) is 0 Å². The minimum absolute atomic E-state index is 0.0926. The van der Waals surface area contributed by atoms with E-state index in [2.05, 4.69) is 4.98 Å². The minimum atomic E-state index is -0.517. The molecule has 0 unspecified atom stereocenters. The molecule has 5 heteroatoms. The predicted molar refractivity (Wildman–Crippen MR) is 89.2 cm³/mol. The maximum absolute atomic E-state index is 12.8. The second-order valence-corrected chi connectivity index (χ2v) is 6.26. The molecule has 0 fully saturated rings. The smallest absolute Gasteiger partial charge is 0.325 e. The molecule has 2 rings (SSSR count). The Labute approximate surface area is 136 Å². The summed E-state index contributed by atoms with van der Waals surface area (Å²) >= 11 is 0.